The van der Waals surface area contributed by atoms with Crippen LogP contribution in [0.25, 0.3) is 0 Å². The SMILES string of the molecule is CC1CCC(C(CN)OCCCO)CC1. The third kappa shape index (κ3) is 4.49. The van der Waals surface area contributed by atoms with Gasteiger partial charge in [0.2, 0.25) is 0 Å². The molecule has 3 N–H and O–H groups in total. The molecule has 0 radical (unpaired) electrons. The van der Waals surface area contributed by atoms with Crippen LogP contribution in [0.1, 0.15) is 39.0 Å². The predicted molar refractivity (Wildman–Crippen MR) is 61.6 cm³/mol. The molecule has 0 aromatic carbocycles. The number of aliphatic hydroxyl groups excluding tert-OH is 1. The summed E-state index contributed by atoms with van der Waals surface area (Å²) in [5, 5.41) is 8.69. The van der Waals surface area contributed by atoms with Crippen LogP contribution in [0.5, 0.6) is 0 Å². The summed E-state index contributed by atoms with van der Waals surface area (Å²) in [4.78, 5) is 0. The molecule has 3 nitrogen and oxygen atoms in total. The normalized spacial score (nSPS) is 29.0. The second-order valence-corrected chi connectivity index (χ2v) is 4.74. The van der Waals surface area contributed by atoms with E-state index in [1.54, 1.807) is 0 Å². The lowest BCUT2D eigenvalue weighted by Gasteiger charge is -2.32. The number of ether oxygens (including phenoxy) is 1. The molecule has 1 unspecified atom stereocenters. The highest BCUT2D eigenvalue weighted by atomic mass is 16.5. The Hall–Kier alpha value is -0.120. The first kappa shape index (κ1) is 12.9. The fraction of sp³-hybridized carbons (Fsp3) is 1.00. The zero-order chi connectivity index (χ0) is 11.1. The monoisotopic (exact) mass is 215 g/mol. The fourth-order valence-electron chi connectivity index (χ4n) is 2.35. The molecule has 15 heavy (non-hydrogen) atoms. The summed E-state index contributed by atoms with van der Waals surface area (Å²) < 4.78 is 5.72. The van der Waals surface area contributed by atoms with Crippen molar-refractivity contribution in [1.82, 2.24) is 0 Å². The molecule has 0 aromatic rings. The summed E-state index contributed by atoms with van der Waals surface area (Å²) >= 11 is 0. The van der Waals surface area contributed by atoms with Gasteiger partial charge in [-0.25, -0.2) is 0 Å². The summed E-state index contributed by atoms with van der Waals surface area (Å²) in [6.45, 7) is 3.79. The van der Waals surface area contributed by atoms with Crippen molar-refractivity contribution in [3.63, 3.8) is 0 Å². The van der Waals surface area contributed by atoms with Crippen molar-refractivity contribution in [1.29, 1.82) is 0 Å². The average molecular weight is 215 g/mol. The zero-order valence-electron chi connectivity index (χ0n) is 9.82. The van der Waals surface area contributed by atoms with Gasteiger partial charge in [0.25, 0.3) is 0 Å². The molecule has 0 aromatic heterocycles. The quantitative estimate of drug-likeness (QED) is 0.661. The summed E-state index contributed by atoms with van der Waals surface area (Å²) in [5.41, 5.74) is 5.73. The molecule has 0 aliphatic heterocycles. The van der Waals surface area contributed by atoms with Gasteiger partial charge >= 0.3 is 0 Å². The van der Waals surface area contributed by atoms with Crippen LogP contribution in [0, 0.1) is 11.8 Å². The Morgan fingerprint density at radius 1 is 1.33 bits per heavy atom. The van der Waals surface area contributed by atoms with Crippen LogP contribution < -0.4 is 5.73 Å². The summed E-state index contributed by atoms with van der Waals surface area (Å²) in [7, 11) is 0. The largest absolute Gasteiger partial charge is 0.396 e. The molecule has 0 heterocycles. The molecule has 90 valence electrons. The highest BCUT2D eigenvalue weighted by Crippen LogP contribution is 2.31. The topological polar surface area (TPSA) is 55.5 Å². The Labute approximate surface area is 93.0 Å². The first-order valence-electron chi connectivity index (χ1n) is 6.20. The molecular formula is C12H25NO2. The van der Waals surface area contributed by atoms with E-state index in [-0.39, 0.29) is 12.7 Å². The Kier molecular flexibility index (Phi) is 6.22. The van der Waals surface area contributed by atoms with E-state index in [1.165, 1.54) is 25.7 Å². The molecule has 1 atom stereocenters. The standard InChI is InChI=1S/C12H25NO2/c1-10-3-5-11(6-4-10)12(9-13)15-8-2-7-14/h10-12,14H,2-9,13H2,1H3. The zero-order valence-corrected chi connectivity index (χ0v) is 9.82. The van der Waals surface area contributed by atoms with E-state index in [2.05, 4.69) is 6.92 Å². The van der Waals surface area contributed by atoms with Crippen LogP contribution in [-0.4, -0.2) is 31.0 Å². The number of aliphatic hydroxyl groups is 1. The Morgan fingerprint density at radius 2 is 2.00 bits per heavy atom. The van der Waals surface area contributed by atoms with E-state index < -0.39 is 0 Å². The van der Waals surface area contributed by atoms with E-state index in [4.69, 9.17) is 15.6 Å². The van der Waals surface area contributed by atoms with E-state index in [0.717, 1.165) is 12.3 Å². The smallest absolute Gasteiger partial charge is 0.0725 e. The van der Waals surface area contributed by atoms with Crippen LogP contribution >= 0.6 is 0 Å². The summed E-state index contributed by atoms with van der Waals surface area (Å²) in [6, 6.07) is 0. The maximum atomic E-state index is 8.69. The first-order valence-corrected chi connectivity index (χ1v) is 6.20. The van der Waals surface area contributed by atoms with Gasteiger partial charge in [-0.15, -0.1) is 0 Å². The molecule has 1 aliphatic rings. The lowest BCUT2D eigenvalue weighted by molar-refractivity contribution is -0.00296. The lowest BCUT2D eigenvalue weighted by atomic mass is 9.80. The van der Waals surface area contributed by atoms with Crippen molar-refractivity contribution in [2.75, 3.05) is 19.8 Å². The molecular weight excluding hydrogens is 190 g/mol. The van der Waals surface area contributed by atoms with Crippen LogP contribution in [0.2, 0.25) is 0 Å². The number of hydrogen-bond acceptors (Lipinski definition) is 3. The minimum Gasteiger partial charge on any atom is -0.396 e. The van der Waals surface area contributed by atoms with Gasteiger partial charge in [-0.1, -0.05) is 19.8 Å². The van der Waals surface area contributed by atoms with Crippen molar-refractivity contribution in [2.24, 2.45) is 17.6 Å². The third-order valence-electron chi connectivity index (χ3n) is 3.45. The Morgan fingerprint density at radius 3 is 2.53 bits per heavy atom. The van der Waals surface area contributed by atoms with E-state index in [0.29, 0.717) is 19.1 Å². The van der Waals surface area contributed by atoms with Crippen molar-refractivity contribution in [3.8, 4) is 0 Å². The van der Waals surface area contributed by atoms with Crippen molar-refractivity contribution >= 4 is 0 Å². The summed E-state index contributed by atoms with van der Waals surface area (Å²) in [6.07, 6.45) is 6.06. The Balaban J connectivity index is 2.24. The molecule has 3 heteroatoms. The number of nitrogens with two attached hydrogens (primary N) is 1. The second kappa shape index (κ2) is 7.20. The number of rotatable bonds is 6. The highest BCUT2D eigenvalue weighted by Gasteiger charge is 2.25. The molecule has 0 bridgehead atoms. The maximum absolute atomic E-state index is 8.69. The molecule has 0 saturated heterocycles. The van der Waals surface area contributed by atoms with E-state index >= 15 is 0 Å². The fourth-order valence-corrected chi connectivity index (χ4v) is 2.35. The molecule has 1 aliphatic carbocycles. The van der Waals surface area contributed by atoms with Gasteiger partial charge in [0.05, 0.1) is 6.10 Å². The molecule has 0 spiro atoms. The van der Waals surface area contributed by atoms with Gasteiger partial charge in [-0.2, -0.15) is 0 Å². The average Bonchev–Trinajstić information content (AvgIpc) is 2.26. The Bertz CT molecular complexity index is 156. The van der Waals surface area contributed by atoms with Gasteiger partial charge in [-0.3, -0.25) is 0 Å². The van der Waals surface area contributed by atoms with Crippen LogP contribution in [0.15, 0.2) is 0 Å². The third-order valence-corrected chi connectivity index (χ3v) is 3.45. The van der Waals surface area contributed by atoms with Crippen LogP contribution in [0.3, 0.4) is 0 Å². The van der Waals surface area contributed by atoms with Crippen LogP contribution in [0.4, 0.5) is 0 Å². The van der Waals surface area contributed by atoms with Gasteiger partial charge in [0.15, 0.2) is 0 Å². The maximum Gasteiger partial charge on any atom is 0.0725 e. The minimum atomic E-state index is 0.207. The van der Waals surface area contributed by atoms with Crippen LogP contribution in [-0.2, 0) is 4.74 Å². The molecule has 1 rings (SSSR count). The van der Waals surface area contributed by atoms with Crippen molar-refractivity contribution in [2.45, 2.75) is 45.1 Å². The first-order chi connectivity index (χ1) is 7.27. The van der Waals surface area contributed by atoms with Crippen molar-refractivity contribution < 1.29 is 9.84 Å². The van der Waals surface area contributed by atoms with Crippen molar-refractivity contribution in [3.05, 3.63) is 0 Å². The molecule has 1 saturated carbocycles. The van der Waals surface area contributed by atoms with Gasteiger partial charge in [0, 0.05) is 19.8 Å². The molecule has 0 amide bonds. The van der Waals surface area contributed by atoms with E-state index in [1.807, 2.05) is 0 Å². The van der Waals surface area contributed by atoms with Gasteiger partial charge < -0.3 is 15.6 Å². The van der Waals surface area contributed by atoms with Gasteiger partial charge in [-0.05, 0) is 31.1 Å². The number of hydrogen-bond donors (Lipinski definition) is 2. The van der Waals surface area contributed by atoms with E-state index in [9.17, 15) is 0 Å². The molecule has 1 fully saturated rings. The predicted octanol–water partition coefficient (Wildman–Crippen LogP) is 1.54. The lowest BCUT2D eigenvalue weighted by Crippen LogP contribution is -2.34. The highest BCUT2D eigenvalue weighted by molar-refractivity contribution is 4.77. The summed E-state index contributed by atoms with van der Waals surface area (Å²) in [5.74, 6) is 1.52. The second-order valence-electron chi connectivity index (χ2n) is 4.74. The van der Waals surface area contributed by atoms with Gasteiger partial charge in [0.1, 0.15) is 0 Å². The minimum absolute atomic E-state index is 0.207.